The SMILES string of the molecule is O=C(Nc1ccc2c(c1)C1CCCN1CC2)c1ccc2ccccc2c1. The van der Waals surface area contributed by atoms with Gasteiger partial charge in [-0.1, -0.05) is 36.4 Å². The highest BCUT2D eigenvalue weighted by Crippen LogP contribution is 2.38. The van der Waals surface area contributed by atoms with E-state index >= 15 is 0 Å². The average Bonchev–Trinajstić information content (AvgIpc) is 3.17. The summed E-state index contributed by atoms with van der Waals surface area (Å²) in [6, 6.07) is 21.0. The third-order valence-corrected chi connectivity index (χ3v) is 5.81. The first-order chi connectivity index (χ1) is 12.8. The Morgan fingerprint density at radius 3 is 2.77 bits per heavy atom. The number of nitrogens with one attached hydrogen (secondary N) is 1. The summed E-state index contributed by atoms with van der Waals surface area (Å²) in [7, 11) is 0. The molecule has 1 N–H and O–H groups in total. The van der Waals surface area contributed by atoms with Gasteiger partial charge in [0.05, 0.1) is 0 Å². The predicted octanol–water partition coefficient (Wildman–Crippen LogP) is 4.79. The van der Waals surface area contributed by atoms with Crippen LogP contribution >= 0.6 is 0 Å². The molecule has 2 heterocycles. The second-order valence-corrected chi connectivity index (χ2v) is 7.37. The van der Waals surface area contributed by atoms with Crippen molar-refractivity contribution >= 4 is 22.4 Å². The van der Waals surface area contributed by atoms with Gasteiger partial charge in [-0.3, -0.25) is 9.69 Å². The van der Waals surface area contributed by atoms with Gasteiger partial charge >= 0.3 is 0 Å². The summed E-state index contributed by atoms with van der Waals surface area (Å²) in [6.07, 6.45) is 3.62. The molecule has 2 aliphatic rings. The Balaban J connectivity index is 1.42. The van der Waals surface area contributed by atoms with Crippen LogP contribution in [0.4, 0.5) is 5.69 Å². The van der Waals surface area contributed by atoms with Crippen molar-refractivity contribution in [2.45, 2.75) is 25.3 Å². The van der Waals surface area contributed by atoms with Gasteiger partial charge in [0.2, 0.25) is 0 Å². The second kappa shape index (κ2) is 6.26. The van der Waals surface area contributed by atoms with Crippen molar-refractivity contribution in [1.82, 2.24) is 4.90 Å². The van der Waals surface area contributed by atoms with Crippen LogP contribution in [0.5, 0.6) is 0 Å². The van der Waals surface area contributed by atoms with E-state index in [1.54, 1.807) is 0 Å². The molecule has 1 fully saturated rings. The highest BCUT2D eigenvalue weighted by Gasteiger charge is 2.31. The molecule has 1 saturated heterocycles. The number of nitrogens with zero attached hydrogens (tertiary/aromatic N) is 1. The van der Waals surface area contributed by atoms with Gasteiger partial charge in [-0.25, -0.2) is 0 Å². The summed E-state index contributed by atoms with van der Waals surface area (Å²) in [5.41, 5.74) is 4.45. The Morgan fingerprint density at radius 1 is 0.962 bits per heavy atom. The van der Waals surface area contributed by atoms with Crippen molar-refractivity contribution in [2.24, 2.45) is 0 Å². The molecule has 3 aromatic carbocycles. The molecule has 3 aromatic rings. The number of anilines is 1. The van der Waals surface area contributed by atoms with Crippen LogP contribution in [0.1, 0.15) is 40.4 Å². The number of hydrogen-bond donors (Lipinski definition) is 1. The lowest BCUT2D eigenvalue weighted by molar-refractivity contribution is 0.102. The lowest BCUT2D eigenvalue weighted by Crippen LogP contribution is -2.31. The van der Waals surface area contributed by atoms with Crippen LogP contribution in [0.2, 0.25) is 0 Å². The van der Waals surface area contributed by atoms with Gasteiger partial charge in [-0.15, -0.1) is 0 Å². The third kappa shape index (κ3) is 2.69. The highest BCUT2D eigenvalue weighted by molar-refractivity contribution is 6.06. The van der Waals surface area contributed by atoms with E-state index in [0.717, 1.165) is 22.9 Å². The molecule has 1 atom stereocenters. The van der Waals surface area contributed by atoms with Gasteiger partial charge in [0.1, 0.15) is 0 Å². The lowest BCUT2D eigenvalue weighted by atomic mass is 9.92. The second-order valence-electron chi connectivity index (χ2n) is 7.37. The van der Waals surface area contributed by atoms with Gasteiger partial charge < -0.3 is 5.32 Å². The minimum Gasteiger partial charge on any atom is -0.322 e. The smallest absolute Gasteiger partial charge is 0.255 e. The van der Waals surface area contributed by atoms with E-state index in [1.807, 2.05) is 42.5 Å². The topological polar surface area (TPSA) is 32.3 Å². The van der Waals surface area contributed by atoms with Gasteiger partial charge in [-0.05, 0) is 72.0 Å². The average molecular weight is 342 g/mol. The molecular formula is C23H22N2O. The normalized spacial score (nSPS) is 19.2. The van der Waals surface area contributed by atoms with Crippen LogP contribution in [-0.4, -0.2) is 23.9 Å². The van der Waals surface area contributed by atoms with Gasteiger partial charge in [0, 0.05) is 23.8 Å². The Labute approximate surface area is 153 Å². The summed E-state index contributed by atoms with van der Waals surface area (Å²) in [4.78, 5) is 15.3. The summed E-state index contributed by atoms with van der Waals surface area (Å²) >= 11 is 0. The number of benzene rings is 3. The Hall–Kier alpha value is -2.65. The molecule has 0 spiro atoms. The molecule has 0 bridgehead atoms. The molecule has 3 nitrogen and oxygen atoms in total. The van der Waals surface area contributed by atoms with E-state index < -0.39 is 0 Å². The summed E-state index contributed by atoms with van der Waals surface area (Å²) in [5.74, 6) is -0.0465. The largest absolute Gasteiger partial charge is 0.322 e. The Kier molecular flexibility index (Phi) is 3.75. The Bertz CT molecular complexity index is 994. The molecule has 0 aromatic heterocycles. The monoisotopic (exact) mass is 342 g/mol. The van der Waals surface area contributed by atoms with Crippen molar-refractivity contribution in [1.29, 1.82) is 0 Å². The van der Waals surface area contributed by atoms with Crippen LogP contribution in [-0.2, 0) is 6.42 Å². The number of carbonyl (C=O) groups excluding carboxylic acids is 1. The summed E-state index contributed by atoms with van der Waals surface area (Å²) in [6.45, 7) is 2.37. The summed E-state index contributed by atoms with van der Waals surface area (Å²) in [5, 5.41) is 5.34. The number of carbonyl (C=O) groups is 1. The molecule has 1 amide bonds. The van der Waals surface area contributed by atoms with Crippen molar-refractivity contribution in [3.8, 4) is 0 Å². The van der Waals surface area contributed by atoms with Crippen molar-refractivity contribution < 1.29 is 4.79 Å². The highest BCUT2D eigenvalue weighted by atomic mass is 16.1. The van der Waals surface area contributed by atoms with E-state index in [1.165, 1.54) is 37.1 Å². The van der Waals surface area contributed by atoms with E-state index in [4.69, 9.17) is 0 Å². The molecule has 5 rings (SSSR count). The fourth-order valence-corrected chi connectivity index (χ4v) is 4.45. The molecule has 130 valence electrons. The number of fused-ring (bicyclic) bond motifs is 4. The molecular weight excluding hydrogens is 320 g/mol. The first-order valence-corrected chi connectivity index (χ1v) is 9.45. The van der Waals surface area contributed by atoms with E-state index in [0.29, 0.717) is 11.6 Å². The van der Waals surface area contributed by atoms with Crippen molar-refractivity contribution in [3.05, 3.63) is 77.4 Å². The van der Waals surface area contributed by atoms with E-state index in [2.05, 4.69) is 28.4 Å². The maximum Gasteiger partial charge on any atom is 0.255 e. The van der Waals surface area contributed by atoms with Crippen LogP contribution in [0.15, 0.2) is 60.7 Å². The fourth-order valence-electron chi connectivity index (χ4n) is 4.45. The molecule has 2 aliphatic heterocycles. The minimum atomic E-state index is -0.0465. The first kappa shape index (κ1) is 15.6. The first-order valence-electron chi connectivity index (χ1n) is 9.45. The van der Waals surface area contributed by atoms with Crippen LogP contribution in [0, 0.1) is 0 Å². The molecule has 0 aliphatic carbocycles. The number of amides is 1. The number of rotatable bonds is 2. The van der Waals surface area contributed by atoms with Crippen LogP contribution < -0.4 is 5.32 Å². The quantitative estimate of drug-likeness (QED) is 0.726. The maximum atomic E-state index is 12.7. The molecule has 0 radical (unpaired) electrons. The summed E-state index contributed by atoms with van der Waals surface area (Å²) < 4.78 is 0. The number of hydrogen-bond acceptors (Lipinski definition) is 2. The van der Waals surface area contributed by atoms with Gasteiger partial charge in [0.25, 0.3) is 5.91 Å². The zero-order valence-corrected chi connectivity index (χ0v) is 14.7. The maximum absolute atomic E-state index is 12.7. The lowest BCUT2D eigenvalue weighted by Gasteiger charge is -2.32. The van der Waals surface area contributed by atoms with E-state index in [-0.39, 0.29) is 5.91 Å². The minimum absolute atomic E-state index is 0.0465. The standard InChI is InChI=1S/C23H22N2O/c26-23(19-8-7-16-4-1-2-5-18(16)14-19)24-20-10-9-17-11-13-25-12-3-6-22(25)21(17)15-20/h1-2,4-5,7-10,14-15,22H,3,6,11-13H2,(H,24,26). The fraction of sp³-hybridized carbons (Fsp3) is 0.261. The van der Waals surface area contributed by atoms with Crippen LogP contribution in [0.3, 0.4) is 0 Å². The van der Waals surface area contributed by atoms with Crippen LogP contribution in [0.25, 0.3) is 10.8 Å². The van der Waals surface area contributed by atoms with Crippen molar-refractivity contribution in [3.63, 3.8) is 0 Å². The van der Waals surface area contributed by atoms with Crippen molar-refractivity contribution in [2.75, 3.05) is 18.4 Å². The molecule has 1 unspecified atom stereocenters. The predicted molar refractivity (Wildman–Crippen MR) is 106 cm³/mol. The van der Waals surface area contributed by atoms with Gasteiger partial charge in [0.15, 0.2) is 0 Å². The molecule has 26 heavy (non-hydrogen) atoms. The van der Waals surface area contributed by atoms with Gasteiger partial charge in [-0.2, -0.15) is 0 Å². The zero-order valence-electron chi connectivity index (χ0n) is 14.7. The molecule has 0 saturated carbocycles. The zero-order chi connectivity index (χ0) is 17.5. The Morgan fingerprint density at radius 2 is 1.85 bits per heavy atom. The van der Waals surface area contributed by atoms with E-state index in [9.17, 15) is 4.79 Å². The third-order valence-electron chi connectivity index (χ3n) is 5.81. The molecule has 3 heteroatoms.